The van der Waals surface area contributed by atoms with Gasteiger partial charge in [0.15, 0.2) is 5.79 Å². The lowest BCUT2D eigenvalue weighted by molar-refractivity contribution is -0.168. The lowest BCUT2D eigenvalue weighted by Gasteiger charge is -2.40. The number of methoxy groups -OCH3 is 1. The molecule has 4 nitrogen and oxygen atoms in total. The van der Waals surface area contributed by atoms with Crippen molar-refractivity contribution < 1.29 is 19.0 Å². The van der Waals surface area contributed by atoms with E-state index in [0.717, 1.165) is 25.7 Å². The maximum Gasteiger partial charge on any atom is 0.337 e. The lowest BCUT2D eigenvalue weighted by Crippen LogP contribution is -2.36. The molecule has 2 fully saturated rings. The van der Waals surface area contributed by atoms with Crippen LogP contribution < -0.4 is 0 Å². The van der Waals surface area contributed by atoms with Gasteiger partial charge in [0.2, 0.25) is 0 Å². The molecule has 1 saturated heterocycles. The van der Waals surface area contributed by atoms with Crippen LogP contribution in [0.4, 0.5) is 0 Å². The van der Waals surface area contributed by atoms with E-state index in [2.05, 4.69) is 12.1 Å². The number of ether oxygens (including phenoxy) is 3. The summed E-state index contributed by atoms with van der Waals surface area (Å²) in [6, 6.07) is 5.94. The second-order valence-corrected chi connectivity index (χ2v) is 6.26. The summed E-state index contributed by atoms with van der Waals surface area (Å²) in [5.74, 6) is -0.201. The van der Waals surface area contributed by atoms with Crippen LogP contribution in [0.3, 0.4) is 0 Å². The fraction of sp³-hybridized carbons (Fsp3) is 0.500. The highest BCUT2D eigenvalue weighted by Crippen LogP contribution is 2.48. The largest absolute Gasteiger partial charge is 0.465 e. The van der Waals surface area contributed by atoms with E-state index >= 15 is 0 Å². The van der Waals surface area contributed by atoms with Crippen LogP contribution in [0.2, 0.25) is 0 Å². The summed E-state index contributed by atoms with van der Waals surface area (Å²) in [7, 11) is 1.42. The van der Waals surface area contributed by atoms with E-state index < -0.39 is 0 Å². The smallest absolute Gasteiger partial charge is 0.337 e. The number of fused-ring (bicyclic) bond motifs is 3. The number of benzene rings is 1. The Kier molecular flexibility index (Phi) is 3.31. The van der Waals surface area contributed by atoms with Gasteiger partial charge >= 0.3 is 5.97 Å². The van der Waals surface area contributed by atoms with Crippen molar-refractivity contribution in [1.82, 2.24) is 0 Å². The van der Waals surface area contributed by atoms with Gasteiger partial charge in [-0.15, -0.1) is 0 Å². The molecule has 1 heterocycles. The second kappa shape index (κ2) is 5.21. The van der Waals surface area contributed by atoms with Gasteiger partial charge in [0.05, 0.1) is 25.9 Å². The van der Waals surface area contributed by atoms with Gasteiger partial charge in [-0.25, -0.2) is 4.79 Å². The molecule has 22 heavy (non-hydrogen) atoms. The number of allylic oxidation sites excluding steroid dienone is 1. The fourth-order valence-corrected chi connectivity index (χ4v) is 3.99. The molecule has 1 spiro atoms. The van der Waals surface area contributed by atoms with Gasteiger partial charge in [0.1, 0.15) is 0 Å². The first-order valence-corrected chi connectivity index (χ1v) is 7.89. The standard InChI is InChI=1S/C18H20O4/c1-20-17(19)13-4-5-15-12(10-13)2-3-14-11-18(7-6-16(14)15)21-8-9-22-18/h3-5,10,16H,2,6-9,11H2,1H3. The molecule has 1 aromatic carbocycles. The molecule has 0 N–H and O–H groups in total. The topological polar surface area (TPSA) is 44.8 Å². The Morgan fingerprint density at radius 2 is 2.14 bits per heavy atom. The Balaban J connectivity index is 1.62. The van der Waals surface area contributed by atoms with Crippen LogP contribution in [-0.4, -0.2) is 32.1 Å². The van der Waals surface area contributed by atoms with Gasteiger partial charge in [0.25, 0.3) is 0 Å². The van der Waals surface area contributed by atoms with Crippen molar-refractivity contribution in [3.8, 4) is 0 Å². The Hall–Kier alpha value is -1.65. The minimum atomic E-state index is -0.369. The average Bonchev–Trinajstić information content (AvgIpc) is 3.01. The quantitative estimate of drug-likeness (QED) is 0.591. The van der Waals surface area contributed by atoms with E-state index in [9.17, 15) is 4.79 Å². The summed E-state index contributed by atoms with van der Waals surface area (Å²) >= 11 is 0. The lowest BCUT2D eigenvalue weighted by atomic mass is 9.72. The summed E-state index contributed by atoms with van der Waals surface area (Å²) in [4.78, 5) is 11.7. The van der Waals surface area contributed by atoms with Gasteiger partial charge in [-0.05, 0) is 36.1 Å². The first-order chi connectivity index (χ1) is 10.7. The van der Waals surface area contributed by atoms with Crippen LogP contribution >= 0.6 is 0 Å². The number of hydrogen-bond donors (Lipinski definition) is 0. The van der Waals surface area contributed by atoms with Gasteiger partial charge in [-0.3, -0.25) is 0 Å². The molecule has 1 unspecified atom stereocenters. The first kappa shape index (κ1) is 14.0. The van der Waals surface area contributed by atoms with E-state index in [4.69, 9.17) is 14.2 Å². The molecule has 4 rings (SSSR count). The van der Waals surface area contributed by atoms with Gasteiger partial charge in [0, 0.05) is 18.8 Å². The van der Waals surface area contributed by atoms with Crippen LogP contribution in [0.1, 0.15) is 46.7 Å². The van der Waals surface area contributed by atoms with E-state index in [-0.39, 0.29) is 11.8 Å². The summed E-state index contributed by atoms with van der Waals surface area (Å²) in [5, 5.41) is 0. The van der Waals surface area contributed by atoms with Gasteiger partial charge in [-0.2, -0.15) is 0 Å². The molecule has 4 heteroatoms. The van der Waals surface area contributed by atoms with Crippen molar-refractivity contribution in [2.45, 2.75) is 37.4 Å². The van der Waals surface area contributed by atoms with Crippen LogP contribution in [0.5, 0.6) is 0 Å². The molecule has 1 atom stereocenters. The maximum absolute atomic E-state index is 11.7. The normalized spacial score (nSPS) is 25.3. The Morgan fingerprint density at radius 1 is 1.32 bits per heavy atom. The minimum absolute atomic E-state index is 0.270. The first-order valence-electron chi connectivity index (χ1n) is 7.89. The Bertz CT molecular complexity index is 640. The molecular formula is C18H20O4. The highest BCUT2D eigenvalue weighted by atomic mass is 16.7. The van der Waals surface area contributed by atoms with E-state index in [1.807, 2.05) is 12.1 Å². The zero-order valence-electron chi connectivity index (χ0n) is 12.8. The van der Waals surface area contributed by atoms with E-state index in [0.29, 0.717) is 24.7 Å². The number of rotatable bonds is 1. The number of carbonyl (C=O) groups is 1. The third-order valence-corrected chi connectivity index (χ3v) is 5.07. The molecular weight excluding hydrogens is 280 g/mol. The van der Waals surface area contributed by atoms with Crippen LogP contribution in [0.15, 0.2) is 29.8 Å². The van der Waals surface area contributed by atoms with Crippen molar-refractivity contribution >= 4 is 5.97 Å². The minimum Gasteiger partial charge on any atom is -0.465 e. The maximum atomic E-state index is 11.7. The molecule has 3 aliphatic rings. The number of carbonyl (C=O) groups excluding carboxylic acids is 1. The fourth-order valence-electron chi connectivity index (χ4n) is 3.99. The van der Waals surface area contributed by atoms with Crippen molar-refractivity contribution in [2.24, 2.45) is 0 Å². The van der Waals surface area contributed by atoms with Crippen LogP contribution in [-0.2, 0) is 20.6 Å². The Labute approximate surface area is 130 Å². The average molecular weight is 300 g/mol. The van der Waals surface area contributed by atoms with Crippen molar-refractivity contribution in [3.05, 3.63) is 46.5 Å². The highest BCUT2D eigenvalue weighted by molar-refractivity contribution is 5.89. The SMILES string of the molecule is COC(=O)c1ccc2c(c1)CC=C1CC3(CCC12)OCCO3. The molecule has 1 saturated carbocycles. The van der Waals surface area contributed by atoms with Gasteiger partial charge < -0.3 is 14.2 Å². The predicted molar refractivity (Wildman–Crippen MR) is 80.8 cm³/mol. The highest BCUT2D eigenvalue weighted by Gasteiger charge is 2.43. The zero-order chi connectivity index (χ0) is 15.2. The van der Waals surface area contributed by atoms with Crippen LogP contribution in [0, 0.1) is 0 Å². The Morgan fingerprint density at radius 3 is 2.91 bits per heavy atom. The molecule has 116 valence electrons. The third-order valence-electron chi connectivity index (χ3n) is 5.07. The molecule has 0 aromatic heterocycles. The molecule has 1 aromatic rings. The summed E-state index contributed by atoms with van der Waals surface area (Å²) in [6.45, 7) is 1.41. The zero-order valence-corrected chi connectivity index (χ0v) is 12.8. The summed E-state index contributed by atoms with van der Waals surface area (Å²) in [6.07, 6.45) is 6.00. The summed E-state index contributed by atoms with van der Waals surface area (Å²) < 4.78 is 16.5. The molecule has 1 aliphatic heterocycles. The predicted octanol–water partition coefficient (Wildman–Crippen LogP) is 2.97. The third kappa shape index (κ3) is 2.18. The summed E-state index contributed by atoms with van der Waals surface area (Å²) in [5.41, 5.74) is 4.64. The van der Waals surface area contributed by atoms with Crippen molar-refractivity contribution in [3.63, 3.8) is 0 Å². The molecule has 0 amide bonds. The number of hydrogen-bond acceptors (Lipinski definition) is 4. The van der Waals surface area contributed by atoms with Crippen molar-refractivity contribution in [1.29, 1.82) is 0 Å². The van der Waals surface area contributed by atoms with Crippen LogP contribution in [0.25, 0.3) is 0 Å². The molecule has 0 radical (unpaired) electrons. The van der Waals surface area contributed by atoms with Crippen molar-refractivity contribution in [2.75, 3.05) is 20.3 Å². The monoisotopic (exact) mass is 300 g/mol. The molecule has 0 bridgehead atoms. The van der Waals surface area contributed by atoms with E-state index in [1.54, 1.807) is 0 Å². The number of esters is 1. The second-order valence-electron chi connectivity index (χ2n) is 6.26. The van der Waals surface area contributed by atoms with Gasteiger partial charge in [-0.1, -0.05) is 17.7 Å². The molecule has 2 aliphatic carbocycles. The van der Waals surface area contributed by atoms with E-state index in [1.165, 1.54) is 23.8 Å².